The number of aliphatic hydroxyl groups excluding tert-OH is 1. The van der Waals surface area contributed by atoms with Gasteiger partial charge >= 0.3 is 5.97 Å². The summed E-state index contributed by atoms with van der Waals surface area (Å²) in [5.74, 6) is -2.61. The second-order valence-corrected chi connectivity index (χ2v) is 10.7. The summed E-state index contributed by atoms with van der Waals surface area (Å²) in [4.78, 5) is 45.3. The summed E-state index contributed by atoms with van der Waals surface area (Å²) in [6.07, 6.45) is 5.77. The lowest BCUT2D eigenvalue weighted by Crippen LogP contribution is -2.56. The predicted molar refractivity (Wildman–Crippen MR) is 144 cm³/mol. The molecule has 2 unspecified atom stereocenters. The zero-order valence-electron chi connectivity index (χ0n) is 22.8. The first-order valence-corrected chi connectivity index (χ1v) is 13.6. The van der Waals surface area contributed by atoms with Gasteiger partial charge in [-0.05, 0) is 63.1 Å². The molecule has 1 aromatic carbocycles. The van der Waals surface area contributed by atoms with Crippen LogP contribution in [0.5, 0.6) is 0 Å². The molecule has 2 amide bonds. The van der Waals surface area contributed by atoms with Crippen LogP contribution in [-0.4, -0.2) is 71.3 Å². The van der Waals surface area contributed by atoms with Crippen molar-refractivity contribution in [3.05, 3.63) is 54.6 Å². The molecule has 8 heteroatoms. The molecule has 3 aliphatic rings. The predicted octanol–water partition coefficient (Wildman–Crippen LogP) is 3.48. The van der Waals surface area contributed by atoms with Gasteiger partial charge < -0.3 is 24.4 Å². The van der Waals surface area contributed by atoms with Crippen molar-refractivity contribution in [1.82, 2.24) is 4.90 Å². The molecule has 0 aliphatic carbocycles. The molecule has 1 aromatic rings. The summed E-state index contributed by atoms with van der Waals surface area (Å²) in [5, 5.41) is 9.59. The van der Waals surface area contributed by atoms with Crippen LogP contribution in [0.1, 0.15) is 50.2 Å². The minimum atomic E-state index is -1.14. The number of carbonyl (C=O) groups excluding carboxylic acids is 3. The van der Waals surface area contributed by atoms with Crippen LogP contribution in [0.3, 0.4) is 0 Å². The van der Waals surface area contributed by atoms with Gasteiger partial charge in [0.2, 0.25) is 5.91 Å². The number of esters is 1. The number of rotatable bonds is 12. The van der Waals surface area contributed by atoms with Crippen molar-refractivity contribution >= 4 is 23.5 Å². The van der Waals surface area contributed by atoms with Gasteiger partial charge in [-0.1, -0.05) is 31.2 Å². The molecule has 3 heterocycles. The number of hydrogen-bond donors (Lipinski definition) is 1. The van der Waals surface area contributed by atoms with Crippen molar-refractivity contribution in [2.75, 3.05) is 31.2 Å². The molecule has 3 fully saturated rings. The van der Waals surface area contributed by atoms with Crippen molar-refractivity contribution in [2.45, 2.75) is 70.1 Å². The Morgan fingerprint density at radius 2 is 2.03 bits per heavy atom. The SMILES string of the molecule is C=CCCOC(=O)[C@@H]1[C@H]2C(=O)N(CCCO)C(C(=O)N(CC=C)c3cc(C)ccc3C)C23CC[C@@]1(CC)O3. The van der Waals surface area contributed by atoms with Crippen LogP contribution >= 0.6 is 0 Å². The fourth-order valence-corrected chi connectivity index (χ4v) is 6.76. The maximum Gasteiger partial charge on any atom is 0.312 e. The van der Waals surface area contributed by atoms with Crippen molar-refractivity contribution in [3.63, 3.8) is 0 Å². The molecule has 1 spiro atoms. The molecule has 0 radical (unpaired) electrons. The van der Waals surface area contributed by atoms with Crippen LogP contribution < -0.4 is 4.90 Å². The zero-order chi connectivity index (χ0) is 27.7. The molecular weight excluding hydrogens is 484 g/mol. The van der Waals surface area contributed by atoms with E-state index in [4.69, 9.17) is 9.47 Å². The van der Waals surface area contributed by atoms with Crippen molar-refractivity contribution in [2.24, 2.45) is 11.8 Å². The lowest BCUT2D eigenvalue weighted by atomic mass is 9.65. The lowest BCUT2D eigenvalue weighted by Gasteiger charge is -2.37. The average molecular weight is 525 g/mol. The fourth-order valence-electron chi connectivity index (χ4n) is 6.76. The van der Waals surface area contributed by atoms with E-state index in [0.29, 0.717) is 32.1 Å². The van der Waals surface area contributed by atoms with E-state index in [-0.39, 0.29) is 38.1 Å². The zero-order valence-corrected chi connectivity index (χ0v) is 22.8. The highest BCUT2D eigenvalue weighted by Gasteiger charge is 2.79. The number of aliphatic hydroxyl groups is 1. The molecule has 0 saturated carbocycles. The van der Waals surface area contributed by atoms with Crippen molar-refractivity contribution in [1.29, 1.82) is 0 Å². The maximum atomic E-state index is 14.5. The molecular formula is C30H40N2O6. The molecule has 0 aromatic heterocycles. The van der Waals surface area contributed by atoms with Crippen LogP contribution in [0.2, 0.25) is 0 Å². The summed E-state index contributed by atoms with van der Waals surface area (Å²) < 4.78 is 12.4. The second kappa shape index (κ2) is 11.0. The van der Waals surface area contributed by atoms with E-state index < -0.39 is 35.0 Å². The second-order valence-electron chi connectivity index (χ2n) is 10.7. The number of carbonyl (C=O) groups is 3. The topological polar surface area (TPSA) is 96.4 Å². The smallest absolute Gasteiger partial charge is 0.312 e. The Morgan fingerprint density at radius 3 is 2.68 bits per heavy atom. The lowest BCUT2D eigenvalue weighted by molar-refractivity contribution is -0.160. The minimum Gasteiger partial charge on any atom is -0.465 e. The number of likely N-dealkylation sites (tertiary alicyclic amines) is 1. The number of aryl methyl sites for hydroxylation is 2. The van der Waals surface area contributed by atoms with Crippen LogP contribution in [0.25, 0.3) is 0 Å². The number of benzene rings is 1. The Kier molecular flexibility index (Phi) is 8.14. The van der Waals surface area contributed by atoms with Gasteiger partial charge in [0.15, 0.2) is 0 Å². The minimum absolute atomic E-state index is 0.123. The van der Waals surface area contributed by atoms with E-state index in [1.54, 1.807) is 22.0 Å². The van der Waals surface area contributed by atoms with Gasteiger partial charge in [0.25, 0.3) is 5.91 Å². The number of nitrogens with zero attached hydrogens (tertiary/aromatic N) is 2. The number of amides is 2. The van der Waals surface area contributed by atoms with Crippen LogP contribution in [0.15, 0.2) is 43.5 Å². The fraction of sp³-hybridized carbons (Fsp3) is 0.567. The van der Waals surface area contributed by atoms with E-state index in [2.05, 4.69) is 13.2 Å². The van der Waals surface area contributed by atoms with Gasteiger partial charge in [0.1, 0.15) is 17.6 Å². The van der Waals surface area contributed by atoms with Crippen LogP contribution in [-0.2, 0) is 23.9 Å². The van der Waals surface area contributed by atoms with Gasteiger partial charge in [-0.25, -0.2) is 0 Å². The number of anilines is 1. The summed E-state index contributed by atoms with van der Waals surface area (Å²) in [5.41, 5.74) is 0.696. The van der Waals surface area contributed by atoms with E-state index >= 15 is 0 Å². The molecule has 4 rings (SSSR count). The quantitative estimate of drug-likeness (QED) is 0.256. The molecule has 38 heavy (non-hydrogen) atoms. The molecule has 3 saturated heterocycles. The molecule has 1 N–H and O–H groups in total. The highest BCUT2D eigenvalue weighted by Crippen LogP contribution is 2.64. The third-order valence-corrected chi connectivity index (χ3v) is 8.53. The number of fused-ring (bicyclic) bond motifs is 1. The summed E-state index contributed by atoms with van der Waals surface area (Å²) in [7, 11) is 0. The summed E-state index contributed by atoms with van der Waals surface area (Å²) >= 11 is 0. The molecule has 5 atom stereocenters. The standard InChI is InChI=1S/C30H40N2O6/c1-6-9-18-37-28(36)24-23-26(34)32(16-10-17-33)25(30(23)14-13-29(24,8-3)38-30)27(35)31(15-7-2)22-19-20(4)11-12-21(22)5/h6-7,11-12,19,23-25,33H,1-2,8-10,13-18H2,3-5H3/t23-,24-,25?,29+,30?/m0/s1. The van der Waals surface area contributed by atoms with Gasteiger partial charge in [0, 0.05) is 25.4 Å². The summed E-state index contributed by atoms with van der Waals surface area (Å²) in [6.45, 7) is 13.9. The van der Waals surface area contributed by atoms with E-state index in [9.17, 15) is 19.5 Å². The third-order valence-electron chi connectivity index (χ3n) is 8.53. The third kappa shape index (κ3) is 4.37. The molecule has 2 bridgehead atoms. The van der Waals surface area contributed by atoms with Crippen LogP contribution in [0, 0.1) is 25.7 Å². The van der Waals surface area contributed by atoms with Crippen LogP contribution in [0.4, 0.5) is 5.69 Å². The Hall–Kier alpha value is -2.97. The highest BCUT2D eigenvalue weighted by molar-refractivity contribution is 6.05. The molecule has 206 valence electrons. The molecule has 3 aliphatic heterocycles. The number of ether oxygens (including phenoxy) is 2. The normalized spacial score (nSPS) is 29.3. The van der Waals surface area contributed by atoms with E-state index in [1.165, 1.54) is 0 Å². The first-order chi connectivity index (χ1) is 18.2. The summed E-state index contributed by atoms with van der Waals surface area (Å²) in [6, 6.07) is 5.00. The van der Waals surface area contributed by atoms with Gasteiger partial charge in [0.05, 0.1) is 18.1 Å². The highest BCUT2D eigenvalue weighted by atomic mass is 16.6. The Bertz CT molecular complexity index is 1120. The first-order valence-electron chi connectivity index (χ1n) is 13.6. The Labute approximate surface area is 225 Å². The van der Waals surface area contributed by atoms with Crippen molar-refractivity contribution < 1.29 is 29.0 Å². The monoisotopic (exact) mass is 524 g/mol. The Balaban J connectivity index is 1.80. The Morgan fingerprint density at radius 1 is 1.26 bits per heavy atom. The maximum absolute atomic E-state index is 14.5. The molecule has 8 nitrogen and oxygen atoms in total. The largest absolute Gasteiger partial charge is 0.465 e. The van der Waals surface area contributed by atoms with Gasteiger partial charge in [-0.2, -0.15) is 0 Å². The number of hydrogen-bond acceptors (Lipinski definition) is 6. The average Bonchev–Trinajstić information content (AvgIpc) is 3.51. The van der Waals surface area contributed by atoms with E-state index in [0.717, 1.165) is 16.8 Å². The van der Waals surface area contributed by atoms with Gasteiger partial charge in [-0.15, -0.1) is 13.2 Å². The van der Waals surface area contributed by atoms with Crippen molar-refractivity contribution in [3.8, 4) is 0 Å². The van der Waals surface area contributed by atoms with E-state index in [1.807, 2.05) is 39.0 Å². The first kappa shape index (κ1) is 28.0. The van der Waals surface area contributed by atoms with Gasteiger partial charge in [-0.3, -0.25) is 14.4 Å².